The monoisotopic (exact) mass is 312 g/mol. The third-order valence-corrected chi connectivity index (χ3v) is 2.28. The molecule has 0 saturated carbocycles. The van der Waals surface area contributed by atoms with Gasteiger partial charge in [-0.2, -0.15) is 0 Å². The Kier molecular flexibility index (Phi) is 6.70. The van der Waals surface area contributed by atoms with Crippen LogP contribution in [0.25, 0.3) is 0 Å². The zero-order valence-electron chi connectivity index (χ0n) is 13.7. The Morgan fingerprint density at radius 3 is 2.35 bits per heavy atom. The number of benzene rings is 1. The van der Waals surface area contributed by atoms with E-state index in [0.29, 0.717) is 0 Å². The van der Waals surface area contributed by atoms with Crippen molar-refractivity contribution in [2.45, 2.75) is 33.3 Å². The first-order valence-corrected chi connectivity index (χ1v) is 7.09. The van der Waals surface area contributed by atoms with Gasteiger partial charge in [0.2, 0.25) is 5.91 Å². The Morgan fingerprint density at radius 2 is 1.78 bits per heavy atom. The van der Waals surface area contributed by atoms with Crippen molar-refractivity contribution < 1.29 is 14.3 Å². The maximum atomic E-state index is 11.4. The van der Waals surface area contributed by atoms with Crippen LogP contribution in [0.1, 0.15) is 33.3 Å². The number of rotatable bonds is 2. The minimum atomic E-state index is -0.527. The van der Waals surface area contributed by atoms with Crippen LogP contribution in [0.4, 0.5) is 10.5 Å². The summed E-state index contributed by atoms with van der Waals surface area (Å²) in [6.07, 6.45) is -0.506. The van der Waals surface area contributed by atoms with Crippen molar-refractivity contribution in [3.63, 3.8) is 0 Å². The maximum absolute atomic E-state index is 11.4. The standard InChI is InChI=1S/C18H20N2O3/c1-14(21)20-16-11-9-15(10-12-16)8-6-5-7-13-19-17(22)23-18(2,3)4/h9-12H,13H2,1-4H3,(H,19,22)(H,20,21). The van der Waals surface area contributed by atoms with E-state index < -0.39 is 11.7 Å². The van der Waals surface area contributed by atoms with Crippen molar-refractivity contribution in [3.8, 4) is 23.7 Å². The van der Waals surface area contributed by atoms with Gasteiger partial charge in [0.15, 0.2) is 0 Å². The number of hydrogen-bond donors (Lipinski definition) is 2. The third kappa shape index (κ3) is 8.85. The number of alkyl carbamates (subject to hydrolysis) is 1. The lowest BCUT2D eigenvalue weighted by Gasteiger charge is -2.18. The quantitative estimate of drug-likeness (QED) is 0.825. The molecule has 2 N–H and O–H groups in total. The summed E-state index contributed by atoms with van der Waals surface area (Å²) in [5.74, 6) is 10.8. The molecule has 0 spiro atoms. The highest BCUT2D eigenvalue weighted by atomic mass is 16.6. The molecule has 1 aromatic carbocycles. The first-order valence-electron chi connectivity index (χ1n) is 7.09. The highest BCUT2D eigenvalue weighted by Gasteiger charge is 2.14. The number of carbonyl (C=O) groups excluding carboxylic acids is 2. The second-order valence-corrected chi connectivity index (χ2v) is 5.67. The van der Waals surface area contributed by atoms with Gasteiger partial charge in [0, 0.05) is 18.2 Å². The van der Waals surface area contributed by atoms with Crippen LogP contribution in [-0.2, 0) is 9.53 Å². The van der Waals surface area contributed by atoms with E-state index in [2.05, 4.69) is 34.3 Å². The van der Waals surface area contributed by atoms with Gasteiger partial charge < -0.3 is 15.4 Å². The van der Waals surface area contributed by atoms with Crippen LogP contribution in [0.2, 0.25) is 0 Å². The van der Waals surface area contributed by atoms with E-state index in [1.165, 1.54) is 6.92 Å². The van der Waals surface area contributed by atoms with Gasteiger partial charge >= 0.3 is 6.09 Å². The van der Waals surface area contributed by atoms with Crippen molar-refractivity contribution in [1.29, 1.82) is 0 Å². The predicted molar refractivity (Wildman–Crippen MR) is 89.6 cm³/mol. The summed E-state index contributed by atoms with van der Waals surface area (Å²) in [7, 11) is 0. The van der Waals surface area contributed by atoms with Crippen molar-refractivity contribution in [2.24, 2.45) is 0 Å². The summed E-state index contributed by atoms with van der Waals surface area (Å²) in [4.78, 5) is 22.3. The average Bonchev–Trinajstić information content (AvgIpc) is 2.42. The second-order valence-electron chi connectivity index (χ2n) is 5.67. The van der Waals surface area contributed by atoms with Gasteiger partial charge in [0.25, 0.3) is 0 Å². The molecule has 0 aliphatic carbocycles. The molecule has 1 rings (SSSR count). The van der Waals surface area contributed by atoms with Crippen LogP contribution in [0, 0.1) is 23.7 Å². The van der Waals surface area contributed by atoms with E-state index >= 15 is 0 Å². The van der Waals surface area contributed by atoms with Gasteiger partial charge in [-0.15, -0.1) is 0 Å². The lowest BCUT2D eigenvalue weighted by molar-refractivity contribution is -0.114. The summed E-state index contributed by atoms with van der Waals surface area (Å²) < 4.78 is 5.07. The highest BCUT2D eigenvalue weighted by molar-refractivity contribution is 5.88. The number of carbonyl (C=O) groups is 2. The van der Waals surface area contributed by atoms with Crippen molar-refractivity contribution in [3.05, 3.63) is 29.8 Å². The topological polar surface area (TPSA) is 67.4 Å². The fourth-order valence-electron chi connectivity index (χ4n) is 1.46. The van der Waals surface area contributed by atoms with E-state index in [-0.39, 0.29) is 12.5 Å². The van der Waals surface area contributed by atoms with Gasteiger partial charge in [-0.1, -0.05) is 11.8 Å². The van der Waals surface area contributed by atoms with E-state index in [0.717, 1.165) is 11.3 Å². The van der Waals surface area contributed by atoms with Crippen LogP contribution in [0.5, 0.6) is 0 Å². The van der Waals surface area contributed by atoms with E-state index in [1.54, 1.807) is 45.0 Å². The molecular weight excluding hydrogens is 292 g/mol. The Hall–Kier alpha value is -2.92. The van der Waals surface area contributed by atoms with E-state index in [4.69, 9.17) is 4.74 Å². The Balaban J connectivity index is 2.43. The first kappa shape index (κ1) is 18.1. The smallest absolute Gasteiger partial charge is 0.408 e. The zero-order chi connectivity index (χ0) is 17.3. The van der Waals surface area contributed by atoms with Gasteiger partial charge in [-0.3, -0.25) is 4.79 Å². The van der Waals surface area contributed by atoms with Crippen LogP contribution in [0.15, 0.2) is 24.3 Å². The average molecular weight is 312 g/mol. The fourth-order valence-corrected chi connectivity index (χ4v) is 1.46. The van der Waals surface area contributed by atoms with Gasteiger partial charge in [-0.05, 0) is 56.9 Å². The van der Waals surface area contributed by atoms with Gasteiger partial charge in [0.1, 0.15) is 5.60 Å². The Morgan fingerprint density at radius 1 is 1.13 bits per heavy atom. The summed E-state index contributed by atoms with van der Waals surface area (Å²) >= 11 is 0. The predicted octanol–water partition coefficient (Wildman–Crippen LogP) is 2.52. The number of amides is 2. The number of ether oxygens (including phenoxy) is 1. The van der Waals surface area contributed by atoms with Crippen molar-refractivity contribution >= 4 is 17.7 Å². The molecule has 0 radical (unpaired) electrons. The molecule has 0 aromatic heterocycles. The fraction of sp³-hybridized carbons (Fsp3) is 0.333. The van der Waals surface area contributed by atoms with Crippen LogP contribution in [0.3, 0.4) is 0 Å². The van der Waals surface area contributed by atoms with Gasteiger partial charge in [0.05, 0.1) is 6.54 Å². The zero-order valence-corrected chi connectivity index (χ0v) is 13.7. The van der Waals surface area contributed by atoms with E-state index in [9.17, 15) is 9.59 Å². The summed E-state index contributed by atoms with van der Waals surface area (Å²) in [6.45, 7) is 7.00. The lowest BCUT2D eigenvalue weighted by atomic mass is 10.2. The molecule has 0 atom stereocenters. The number of nitrogens with one attached hydrogen (secondary N) is 2. The molecule has 1 aromatic rings. The second kappa shape index (κ2) is 8.51. The Bertz CT molecular complexity index is 677. The number of hydrogen-bond acceptors (Lipinski definition) is 3. The summed E-state index contributed by atoms with van der Waals surface area (Å²) in [6, 6.07) is 7.11. The maximum Gasteiger partial charge on any atom is 0.408 e. The highest BCUT2D eigenvalue weighted by Crippen LogP contribution is 2.08. The van der Waals surface area contributed by atoms with Crippen molar-refractivity contribution in [1.82, 2.24) is 5.32 Å². The molecule has 0 saturated heterocycles. The minimum absolute atomic E-state index is 0.118. The molecule has 0 heterocycles. The van der Waals surface area contributed by atoms with Crippen LogP contribution in [-0.4, -0.2) is 24.1 Å². The first-order chi connectivity index (χ1) is 10.8. The van der Waals surface area contributed by atoms with Crippen LogP contribution < -0.4 is 10.6 Å². The van der Waals surface area contributed by atoms with Gasteiger partial charge in [-0.25, -0.2) is 4.79 Å². The molecule has 0 fully saturated rings. The minimum Gasteiger partial charge on any atom is -0.444 e. The molecular formula is C18H20N2O3. The lowest BCUT2D eigenvalue weighted by Crippen LogP contribution is -2.32. The normalized spacial score (nSPS) is 9.57. The summed E-state index contributed by atoms with van der Waals surface area (Å²) in [5.41, 5.74) is 0.977. The molecule has 23 heavy (non-hydrogen) atoms. The molecule has 0 bridgehead atoms. The van der Waals surface area contributed by atoms with E-state index in [1.807, 2.05) is 0 Å². The number of anilines is 1. The largest absolute Gasteiger partial charge is 0.444 e. The molecule has 0 unspecified atom stereocenters. The summed E-state index contributed by atoms with van der Waals surface area (Å²) in [5, 5.41) is 5.20. The molecule has 0 aliphatic rings. The molecule has 0 aliphatic heterocycles. The molecule has 5 nitrogen and oxygen atoms in total. The molecule has 120 valence electrons. The third-order valence-electron chi connectivity index (χ3n) is 2.28. The van der Waals surface area contributed by atoms with Crippen molar-refractivity contribution in [2.75, 3.05) is 11.9 Å². The molecule has 2 amide bonds. The SMILES string of the molecule is CC(=O)Nc1ccc(C#CC#CCNC(=O)OC(C)(C)C)cc1. The Labute approximate surface area is 136 Å². The molecule has 5 heteroatoms. The van der Waals surface area contributed by atoms with Crippen LogP contribution >= 0.6 is 0 Å².